The van der Waals surface area contributed by atoms with Crippen molar-refractivity contribution in [3.8, 4) is 0 Å². The molecule has 0 spiro atoms. The van der Waals surface area contributed by atoms with Crippen molar-refractivity contribution in [3.05, 3.63) is 23.8 Å². The van der Waals surface area contributed by atoms with E-state index in [1.807, 2.05) is 12.1 Å². The van der Waals surface area contributed by atoms with Crippen LogP contribution in [-0.4, -0.2) is 11.8 Å². The first-order valence-electron chi connectivity index (χ1n) is 5.58. The van der Waals surface area contributed by atoms with E-state index < -0.39 is 0 Å². The highest BCUT2D eigenvalue weighted by Crippen LogP contribution is 2.20. The lowest BCUT2D eigenvalue weighted by molar-refractivity contribution is 0.101. The standard InChI is InChI=1S/C13H20N2O/c1-8(2)9(3)15-11-5-6-13(14)12(7-11)10(4)16/h5-9,15H,14H2,1-4H3. The number of benzene rings is 1. The molecule has 0 aliphatic rings. The highest BCUT2D eigenvalue weighted by molar-refractivity contribution is 6.00. The maximum atomic E-state index is 11.3. The van der Waals surface area contributed by atoms with Gasteiger partial charge in [-0.05, 0) is 38.0 Å². The first-order chi connectivity index (χ1) is 7.41. The van der Waals surface area contributed by atoms with Gasteiger partial charge < -0.3 is 11.1 Å². The van der Waals surface area contributed by atoms with Crippen molar-refractivity contribution in [1.29, 1.82) is 0 Å². The van der Waals surface area contributed by atoms with E-state index >= 15 is 0 Å². The second kappa shape index (κ2) is 5.01. The van der Waals surface area contributed by atoms with Gasteiger partial charge in [0, 0.05) is 23.0 Å². The van der Waals surface area contributed by atoms with Crippen LogP contribution in [0.3, 0.4) is 0 Å². The summed E-state index contributed by atoms with van der Waals surface area (Å²) in [4.78, 5) is 11.3. The van der Waals surface area contributed by atoms with Crippen molar-refractivity contribution in [2.75, 3.05) is 11.1 Å². The number of nitrogens with two attached hydrogens (primary N) is 1. The van der Waals surface area contributed by atoms with E-state index in [0.717, 1.165) is 5.69 Å². The molecule has 0 aromatic heterocycles. The fourth-order valence-electron chi connectivity index (χ4n) is 1.38. The van der Waals surface area contributed by atoms with Crippen LogP contribution in [0, 0.1) is 5.92 Å². The number of hydrogen-bond donors (Lipinski definition) is 2. The molecule has 0 bridgehead atoms. The summed E-state index contributed by atoms with van der Waals surface area (Å²) >= 11 is 0. The number of rotatable bonds is 4. The van der Waals surface area contributed by atoms with E-state index in [9.17, 15) is 4.79 Å². The predicted octanol–water partition coefficient (Wildman–Crippen LogP) is 2.93. The van der Waals surface area contributed by atoms with Crippen LogP contribution in [-0.2, 0) is 0 Å². The molecule has 1 atom stereocenters. The van der Waals surface area contributed by atoms with E-state index in [4.69, 9.17) is 5.73 Å². The van der Waals surface area contributed by atoms with E-state index in [1.165, 1.54) is 6.92 Å². The fourth-order valence-corrected chi connectivity index (χ4v) is 1.38. The number of nitrogen functional groups attached to an aromatic ring is 1. The largest absolute Gasteiger partial charge is 0.398 e. The van der Waals surface area contributed by atoms with Gasteiger partial charge in [-0.3, -0.25) is 4.79 Å². The molecule has 0 amide bonds. The molecule has 0 radical (unpaired) electrons. The third-order valence-electron chi connectivity index (χ3n) is 2.83. The average molecular weight is 220 g/mol. The zero-order valence-corrected chi connectivity index (χ0v) is 10.4. The van der Waals surface area contributed by atoms with Crippen molar-refractivity contribution in [2.45, 2.75) is 33.7 Å². The van der Waals surface area contributed by atoms with Gasteiger partial charge in [-0.2, -0.15) is 0 Å². The van der Waals surface area contributed by atoms with Gasteiger partial charge in [-0.15, -0.1) is 0 Å². The van der Waals surface area contributed by atoms with Crippen LogP contribution in [0.1, 0.15) is 38.1 Å². The number of anilines is 2. The zero-order chi connectivity index (χ0) is 12.3. The fraction of sp³-hybridized carbons (Fsp3) is 0.462. The molecule has 3 N–H and O–H groups in total. The van der Waals surface area contributed by atoms with Gasteiger partial charge in [-0.25, -0.2) is 0 Å². The molecule has 3 heteroatoms. The van der Waals surface area contributed by atoms with Crippen molar-refractivity contribution in [1.82, 2.24) is 0 Å². The smallest absolute Gasteiger partial charge is 0.161 e. The minimum absolute atomic E-state index is 0.00153. The summed E-state index contributed by atoms with van der Waals surface area (Å²) < 4.78 is 0. The van der Waals surface area contributed by atoms with Gasteiger partial charge in [0.25, 0.3) is 0 Å². The van der Waals surface area contributed by atoms with Gasteiger partial charge in [0.15, 0.2) is 5.78 Å². The predicted molar refractivity (Wildman–Crippen MR) is 68.8 cm³/mol. The van der Waals surface area contributed by atoms with Crippen molar-refractivity contribution in [2.24, 2.45) is 5.92 Å². The van der Waals surface area contributed by atoms with E-state index in [0.29, 0.717) is 23.2 Å². The molecule has 1 aromatic rings. The number of carbonyl (C=O) groups is 1. The molecule has 88 valence electrons. The Bertz CT molecular complexity index is 386. The third kappa shape index (κ3) is 2.99. The minimum Gasteiger partial charge on any atom is -0.398 e. The van der Waals surface area contributed by atoms with Gasteiger partial charge in [0.05, 0.1) is 0 Å². The Morgan fingerprint density at radius 1 is 1.31 bits per heavy atom. The summed E-state index contributed by atoms with van der Waals surface area (Å²) in [5.41, 5.74) is 7.80. The van der Waals surface area contributed by atoms with Crippen molar-refractivity contribution >= 4 is 17.2 Å². The van der Waals surface area contributed by atoms with Crippen molar-refractivity contribution in [3.63, 3.8) is 0 Å². The minimum atomic E-state index is -0.00153. The summed E-state index contributed by atoms with van der Waals surface area (Å²) in [6.07, 6.45) is 0. The summed E-state index contributed by atoms with van der Waals surface area (Å²) in [6, 6.07) is 5.85. The van der Waals surface area contributed by atoms with Crippen LogP contribution in [0.5, 0.6) is 0 Å². The summed E-state index contributed by atoms with van der Waals surface area (Å²) in [5, 5.41) is 3.36. The lowest BCUT2D eigenvalue weighted by Gasteiger charge is -2.19. The molecular formula is C13H20N2O. The Labute approximate surface area is 97.0 Å². The van der Waals surface area contributed by atoms with Gasteiger partial charge >= 0.3 is 0 Å². The molecule has 3 nitrogen and oxygen atoms in total. The lowest BCUT2D eigenvalue weighted by Crippen LogP contribution is -2.21. The highest BCUT2D eigenvalue weighted by atomic mass is 16.1. The normalized spacial score (nSPS) is 12.6. The number of Topliss-reactive ketones (excluding diaryl/α,β-unsaturated/α-hetero) is 1. The number of nitrogens with one attached hydrogen (secondary N) is 1. The lowest BCUT2D eigenvalue weighted by atomic mass is 10.0. The number of hydrogen-bond acceptors (Lipinski definition) is 3. The number of carbonyl (C=O) groups excluding carboxylic acids is 1. The van der Waals surface area contributed by atoms with Crippen molar-refractivity contribution < 1.29 is 4.79 Å². The second-order valence-corrected chi connectivity index (χ2v) is 4.54. The van der Waals surface area contributed by atoms with E-state index in [2.05, 4.69) is 26.1 Å². The molecule has 16 heavy (non-hydrogen) atoms. The van der Waals surface area contributed by atoms with Crippen LogP contribution in [0.15, 0.2) is 18.2 Å². The maximum Gasteiger partial charge on any atom is 0.161 e. The molecule has 0 saturated carbocycles. The van der Waals surface area contributed by atoms with Gasteiger partial charge in [-0.1, -0.05) is 13.8 Å². The third-order valence-corrected chi connectivity index (χ3v) is 2.83. The monoisotopic (exact) mass is 220 g/mol. The molecule has 0 aliphatic carbocycles. The van der Waals surface area contributed by atoms with E-state index in [-0.39, 0.29) is 5.78 Å². The average Bonchev–Trinajstić information content (AvgIpc) is 2.20. The SMILES string of the molecule is CC(=O)c1cc(NC(C)C(C)C)ccc1N. The van der Waals surface area contributed by atoms with Crippen LogP contribution < -0.4 is 11.1 Å². The Balaban J connectivity index is 2.91. The Morgan fingerprint density at radius 3 is 2.44 bits per heavy atom. The summed E-state index contributed by atoms with van der Waals surface area (Å²) in [5.74, 6) is 0.539. The molecule has 0 heterocycles. The molecule has 0 fully saturated rings. The first kappa shape index (κ1) is 12.6. The zero-order valence-electron chi connectivity index (χ0n) is 10.4. The first-order valence-corrected chi connectivity index (χ1v) is 5.58. The van der Waals surface area contributed by atoms with Crippen LogP contribution in [0.2, 0.25) is 0 Å². The molecule has 0 saturated heterocycles. The Hall–Kier alpha value is -1.51. The molecule has 1 aromatic carbocycles. The quantitative estimate of drug-likeness (QED) is 0.606. The molecule has 1 unspecified atom stereocenters. The van der Waals surface area contributed by atoms with Crippen LogP contribution >= 0.6 is 0 Å². The van der Waals surface area contributed by atoms with Crippen LogP contribution in [0.25, 0.3) is 0 Å². The topological polar surface area (TPSA) is 55.1 Å². The summed E-state index contributed by atoms with van der Waals surface area (Å²) in [7, 11) is 0. The Kier molecular flexibility index (Phi) is 3.93. The highest BCUT2D eigenvalue weighted by Gasteiger charge is 2.09. The maximum absolute atomic E-state index is 11.3. The van der Waals surface area contributed by atoms with Gasteiger partial charge in [0.2, 0.25) is 0 Å². The van der Waals surface area contributed by atoms with E-state index in [1.54, 1.807) is 6.07 Å². The second-order valence-electron chi connectivity index (χ2n) is 4.54. The molecule has 1 rings (SSSR count). The van der Waals surface area contributed by atoms with Gasteiger partial charge in [0.1, 0.15) is 0 Å². The molecule has 0 aliphatic heterocycles. The number of ketones is 1. The molecular weight excluding hydrogens is 200 g/mol. The van der Waals surface area contributed by atoms with Crippen LogP contribution in [0.4, 0.5) is 11.4 Å². The Morgan fingerprint density at radius 2 is 1.94 bits per heavy atom. The summed E-state index contributed by atoms with van der Waals surface area (Å²) in [6.45, 7) is 7.96.